The molecule has 0 amide bonds. The smallest absolute Gasteiger partial charge is 0.123 e. The maximum Gasteiger partial charge on any atom is 0.123 e. The number of aliphatic hydroxyl groups excluding tert-OH is 1. The van der Waals surface area contributed by atoms with Crippen molar-refractivity contribution in [3.05, 3.63) is 71.0 Å². The lowest BCUT2D eigenvalue weighted by Crippen LogP contribution is -2.52. The number of benzene rings is 2. The molecule has 2 aromatic rings. The number of halogens is 1. The first-order valence-corrected chi connectivity index (χ1v) is 9.35. The van der Waals surface area contributed by atoms with E-state index in [2.05, 4.69) is 35.2 Å². The summed E-state index contributed by atoms with van der Waals surface area (Å²) in [5.41, 5.74) is 3.39. The molecule has 0 aromatic heterocycles. The monoisotopic (exact) mass is 339 g/mol. The van der Waals surface area contributed by atoms with Crippen molar-refractivity contribution in [2.24, 2.45) is 11.8 Å². The molecule has 0 aliphatic carbocycles. The van der Waals surface area contributed by atoms with Gasteiger partial charge in [-0.2, -0.15) is 0 Å². The molecule has 3 fully saturated rings. The standard InChI is InChI=1S/C22H26FNO/c1-15-13-18(23)7-8-19(15)20(14-25)21-16-9-11-24(12-10-16)22(21)17-5-3-2-4-6-17/h2-8,13,16,20-22,25H,9-12,14H2,1H3. The average molecular weight is 339 g/mol. The highest BCUT2D eigenvalue weighted by Crippen LogP contribution is 2.51. The van der Waals surface area contributed by atoms with Crippen LogP contribution in [0.25, 0.3) is 0 Å². The van der Waals surface area contributed by atoms with Crippen LogP contribution in [0, 0.1) is 24.6 Å². The van der Waals surface area contributed by atoms with Crippen LogP contribution >= 0.6 is 0 Å². The van der Waals surface area contributed by atoms with Crippen LogP contribution < -0.4 is 0 Å². The molecule has 3 heteroatoms. The number of hydrogen-bond donors (Lipinski definition) is 1. The molecule has 3 unspecified atom stereocenters. The summed E-state index contributed by atoms with van der Waals surface area (Å²) in [6.45, 7) is 4.35. The first-order valence-electron chi connectivity index (χ1n) is 9.35. The van der Waals surface area contributed by atoms with Gasteiger partial charge in [-0.3, -0.25) is 4.90 Å². The van der Waals surface area contributed by atoms with Gasteiger partial charge in [0.25, 0.3) is 0 Å². The van der Waals surface area contributed by atoms with Crippen LogP contribution in [0.15, 0.2) is 48.5 Å². The van der Waals surface area contributed by atoms with Gasteiger partial charge in [0.2, 0.25) is 0 Å². The molecule has 3 saturated heterocycles. The van der Waals surface area contributed by atoms with E-state index in [1.165, 1.54) is 24.5 Å². The van der Waals surface area contributed by atoms with Crippen molar-refractivity contribution >= 4 is 0 Å². The number of aryl methyl sites for hydroxylation is 1. The number of rotatable bonds is 4. The lowest BCUT2D eigenvalue weighted by Gasteiger charge is -2.54. The summed E-state index contributed by atoms with van der Waals surface area (Å²) in [7, 11) is 0. The summed E-state index contributed by atoms with van der Waals surface area (Å²) in [6.07, 6.45) is 2.40. The van der Waals surface area contributed by atoms with E-state index in [1.807, 2.05) is 13.0 Å². The normalized spacial score (nSPS) is 29.6. The molecule has 0 saturated carbocycles. The minimum absolute atomic E-state index is 0.0545. The Bertz CT molecular complexity index is 724. The fourth-order valence-electron chi connectivity index (χ4n) is 5.20. The largest absolute Gasteiger partial charge is 0.396 e. The molecule has 3 aliphatic rings. The second-order valence-corrected chi connectivity index (χ2v) is 7.60. The van der Waals surface area contributed by atoms with Crippen molar-refractivity contribution in [2.45, 2.75) is 31.7 Å². The summed E-state index contributed by atoms with van der Waals surface area (Å²) in [5.74, 6) is 0.848. The summed E-state index contributed by atoms with van der Waals surface area (Å²) >= 11 is 0. The van der Waals surface area contributed by atoms with Crippen LogP contribution in [0.4, 0.5) is 4.39 Å². The molecule has 25 heavy (non-hydrogen) atoms. The van der Waals surface area contributed by atoms with E-state index in [0.29, 0.717) is 17.9 Å². The summed E-state index contributed by atoms with van der Waals surface area (Å²) in [4.78, 5) is 2.58. The third-order valence-electron chi connectivity index (χ3n) is 6.31. The third kappa shape index (κ3) is 3.00. The lowest BCUT2D eigenvalue weighted by molar-refractivity contribution is -0.0328. The van der Waals surface area contributed by atoms with Gasteiger partial charge in [-0.1, -0.05) is 36.4 Å². The minimum Gasteiger partial charge on any atom is -0.396 e. The molecule has 2 aromatic carbocycles. The van der Waals surface area contributed by atoms with Crippen LogP contribution in [0.5, 0.6) is 0 Å². The van der Waals surface area contributed by atoms with Gasteiger partial charge in [0, 0.05) is 12.0 Å². The van der Waals surface area contributed by atoms with E-state index >= 15 is 0 Å². The quantitative estimate of drug-likeness (QED) is 0.898. The van der Waals surface area contributed by atoms with Crippen molar-refractivity contribution < 1.29 is 9.50 Å². The summed E-state index contributed by atoms with van der Waals surface area (Å²) in [5, 5.41) is 10.3. The van der Waals surface area contributed by atoms with Gasteiger partial charge in [-0.05, 0) is 73.5 Å². The van der Waals surface area contributed by atoms with Crippen molar-refractivity contribution in [2.75, 3.05) is 19.7 Å². The Morgan fingerprint density at radius 3 is 2.48 bits per heavy atom. The Hall–Kier alpha value is -1.71. The molecular formula is C22H26FNO. The predicted molar refractivity (Wildman–Crippen MR) is 97.9 cm³/mol. The number of aliphatic hydroxyl groups is 1. The van der Waals surface area contributed by atoms with Crippen molar-refractivity contribution in [3.63, 3.8) is 0 Å². The molecule has 2 bridgehead atoms. The van der Waals surface area contributed by atoms with Crippen molar-refractivity contribution in [1.82, 2.24) is 4.90 Å². The molecule has 3 heterocycles. The van der Waals surface area contributed by atoms with Crippen LogP contribution in [0.3, 0.4) is 0 Å². The van der Waals surface area contributed by atoms with Crippen LogP contribution in [0.2, 0.25) is 0 Å². The summed E-state index contributed by atoms with van der Waals surface area (Å²) in [6, 6.07) is 16.0. The molecule has 3 aliphatic heterocycles. The van der Waals surface area contributed by atoms with E-state index in [1.54, 1.807) is 6.07 Å². The number of nitrogens with zero attached hydrogens (tertiary/aromatic N) is 1. The zero-order valence-electron chi connectivity index (χ0n) is 14.7. The molecule has 2 nitrogen and oxygen atoms in total. The SMILES string of the molecule is Cc1cc(F)ccc1C(CO)C1C2CCN(CC2)C1c1ccccc1. The van der Waals surface area contributed by atoms with E-state index in [9.17, 15) is 9.50 Å². The zero-order chi connectivity index (χ0) is 17.4. The highest BCUT2D eigenvalue weighted by Gasteiger charge is 2.46. The van der Waals surface area contributed by atoms with Gasteiger partial charge >= 0.3 is 0 Å². The topological polar surface area (TPSA) is 23.5 Å². The number of hydrogen-bond acceptors (Lipinski definition) is 2. The van der Waals surface area contributed by atoms with Crippen molar-refractivity contribution in [3.8, 4) is 0 Å². The molecule has 5 rings (SSSR count). The lowest BCUT2D eigenvalue weighted by atomic mass is 9.64. The third-order valence-corrected chi connectivity index (χ3v) is 6.31. The Labute approximate surface area is 149 Å². The van der Waals surface area contributed by atoms with E-state index in [0.717, 1.165) is 24.2 Å². The molecule has 1 N–H and O–H groups in total. The first kappa shape index (κ1) is 16.7. The molecule has 132 valence electrons. The van der Waals surface area contributed by atoms with E-state index < -0.39 is 0 Å². The van der Waals surface area contributed by atoms with Gasteiger partial charge in [-0.15, -0.1) is 0 Å². The van der Waals surface area contributed by atoms with Crippen LogP contribution in [-0.4, -0.2) is 29.7 Å². The maximum atomic E-state index is 13.6. The Balaban J connectivity index is 1.76. The Kier molecular flexibility index (Phi) is 4.61. The highest BCUT2D eigenvalue weighted by atomic mass is 19.1. The van der Waals surface area contributed by atoms with Gasteiger partial charge < -0.3 is 5.11 Å². The fourth-order valence-corrected chi connectivity index (χ4v) is 5.20. The second kappa shape index (κ2) is 6.89. The molecule has 0 spiro atoms. The van der Waals surface area contributed by atoms with E-state index in [4.69, 9.17) is 0 Å². The van der Waals surface area contributed by atoms with E-state index in [-0.39, 0.29) is 18.3 Å². The summed E-state index contributed by atoms with van der Waals surface area (Å²) < 4.78 is 13.6. The minimum atomic E-state index is -0.202. The van der Waals surface area contributed by atoms with Gasteiger partial charge in [0.1, 0.15) is 5.82 Å². The predicted octanol–water partition coefficient (Wildman–Crippen LogP) is 4.29. The van der Waals surface area contributed by atoms with Crippen LogP contribution in [-0.2, 0) is 0 Å². The fraction of sp³-hybridized carbons (Fsp3) is 0.455. The maximum absolute atomic E-state index is 13.6. The zero-order valence-corrected chi connectivity index (χ0v) is 14.7. The number of piperidine rings is 3. The first-order chi connectivity index (χ1) is 12.2. The molecular weight excluding hydrogens is 313 g/mol. The average Bonchev–Trinajstić information content (AvgIpc) is 2.65. The van der Waals surface area contributed by atoms with Gasteiger partial charge in [-0.25, -0.2) is 4.39 Å². The van der Waals surface area contributed by atoms with Gasteiger partial charge in [0.15, 0.2) is 0 Å². The van der Waals surface area contributed by atoms with Gasteiger partial charge in [0.05, 0.1) is 6.61 Å². The molecule has 3 atom stereocenters. The Morgan fingerprint density at radius 2 is 1.84 bits per heavy atom. The van der Waals surface area contributed by atoms with Crippen molar-refractivity contribution in [1.29, 1.82) is 0 Å². The number of fused-ring (bicyclic) bond motifs is 3. The molecule has 0 radical (unpaired) electrons. The second-order valence-electron chi connectivity index (χ2n) is 7.60. The van der Waals surface area contributed by atoms with Crippen LogP contribution in [0.1, 0.15) is 41.5 Å². The Morgan fingerprint density at radius 1 is 1.12 bits per heavy atom. The highest BCUT2D eigenvalue weighted by molar-refractivity contribution is 5.33.